The first-order valence-corrected chi connectivity index (χ1v) is 7.41. The Morgan fingerprint density at radius 1 is 1.50 bits per heavy atom. The van der Waals surface area contributed by atoms with Gasteiger partial charge in [-0.3, -0.25) is 4.79 Å². The van der Waals surface area contributed by atoms with E-state index in [4.69, 9.17) is 18.0 Å². The van der Waals surface area contributed by atoms with Crippen LogP contribution in [0.15, 0.2) is 24.3 Å². The first-order valence-electron chi connectivity index (χ1n) is 7.00. The van der Waals surface area contributed by atoms with Crippen LogP contribution in [-0.4, -0.2) is 34.9 Å². The van der Waals surface area contributed by atoms with Crippen molar-refractivity contribution in [2.75, 3.05) is 18.4 Å². The summed E-state index contributed by atoms with van der Waals surface area (Å²) in [5.74, 6) is 0.00722. The molecule has 0 bridgehead atoms. The SMILES string of the molecule is CC1CCCN1CCC(=O)Nc1ccccc1C(N)=S. The molecule has 1 atom stereocenters. The van der Waals surface area contributed by atoms with Gasteiger partial charge in [0.25, 0.3) is 0 Å². The minimum atomic E-state index is 0.00722. The van der Waals surface area contributed by atoms with Gasteiger partial charge in [0.1, 0.15) is 4.99 Å². The molecule has 4 nitrogen and oxygen atoms in total. The normalized spacial score (nSPS) is 18.9. The predicted octanol–water partition coefficient (Wildman–Crippen LogP) is 2.13. The van der Waals surface area contributed by atoms with E-state index in [0.29, 0.717) is 28.7 Å². The first kappa shape index (κ1) is 14.9. The largest absolute Gasteiger partial charge is 0.389 e. The number of anilines is 1. The number of thiocarbonyl (C=S) groups is 1. The highest BCUT2D eigenvalue weighted by molar-refractivity contribution is 7.80. The van der Waals surface area contributed by atoms with E-state index in [1.54, 1.807) is 0 Å². The molecule has 5 heteroatoms. The van der Waals surface area contributed by atoms with Gasteiger partial charge >= 0.3 is 0 Å². The van der Waals surface area contributed by atoms with Gasteiger partial charge in [0, 0.05) is 24.6 Å². The van der Waals surface area contributed by atoms with Crippen molar-refractivity contribution in [1.82, 2.24) is 4.90 Å². The average molecular weight is 291 g/mol. The van der Waals surface area contributed by atoms with Crippen LogP contribution in [0.2, 0.25) is 0 Å². The average Bonchev–Trinajstić information content (AvgIpc) is 2.82. The highest BCUT2D eigenvalue weighted by Crippen LogP contribution is 2.18. The summed E-state index contributed by atoms with van der Waals surface area (Å²) in [5, 5.41) is 2.90. The molecule has 1 heterocycles. The Morgan fingerprint density at radius 3 is 2.90 bits per heavy atom. The smallest absolute Gasteiger partial charge is 0.225 e. The molecule has 0 radical (unpaired) electrons. The summed E-state index contributed by atoms with van der Waals surface area (Å²) in [4.78, 5) is 14.7. The molecule has 0 saturated carbocycles. The zero-order valence-corrected chi connectivity index (χ0v) is 12.6. The number of carbonyl (C=O) groups is 1. The molecule has 0 aromatic heterocycles. The quantitative estimate of drug-likeness (QED) is 0.816. The van der Waals surface area contributed by atoms with Crippen molar-refractivity contribution in [3.63, 3.8) is 0 Å². The Hall–Kier alpha value is -1.46. The standard InChI is InChI=1S/C15H21N3OS/c1-11-5-4-9-18(11)10-8-14(19)17-13-7-3-2-6-12(13)15(16)20/h2-3,6-7,11H,4-5,8-10H2,1H3,(H2,16,20)(H,17,19). The van der Waals surface area contributed by atoms with Crippen LogP contribution in [0.3, 0.4) is 0 Å². The summed E-state index contributed by atoms with van der Waals surface area (Å²) in [6.07, 6.45) is 2.95. The van der Waals surface area contributed by atoms with Crippen LogP contribution >= 0.6 is 12.2 Å². The van der Waals surface area contributed by atoms with Crippen molar-refractivity contribution >= 4 is 28.8 Å². The molecule has 1 saturated heterocycles. The topological polar surface area (TPSA) is 58.4 Å². The predicted molar refractivity (Wildman–Crippen MR) is 85.8 cm³/mol. The minimum absolute atomic E-state index is 0.00722. The fourth-order valence-corrected chi connectivity index (χ4v) is 2.77. The number of nitrogens with two attached hydrogens (primary N) is 1. The monoisotopic (exact) mass is 291 g/mol. The zero-order chi connectivity index (χ0) is 14.5. The van der Waals surface area contributed by atoms with Crippen LogP contribution in [0.1, 0.15) is 31.7 Å². The van der Waals surface area contributed by atoms with Gasteiger partial charge in [-0.2, -0.15) is 0 Å². The lowest BCUT2D eigenvalue weighted by Gasteiger charge is -2.20. The molecule has 108 valence electrons. The van der Waals surface area contributed by atoms with Crippen molar-refractivity contribution in [1.29, 1.82) is 0 Å². The number of likely N-dealkylation sites (tertiary alicyclic amines) is 1. The number of nitrogens with zero attached hydrogens (tertiary/aromatic N) is 1. The molecule has 1 fully saturated rings. The summed E-state index contributed by atoms with van der Waals surface area (Å²) in [7, 11) is 0. The molecule has 0 spiro atoms. The molecule has 1 amide bonds. The molecule has 1 unspecified atom stereocenters. The van der Waals surface area contributed by atoms with E-state index in [1.807, 2.05) is 24.3 Å². The van der Waals surface area contributed by atoms with Gasteiger partial charge < -0.3 is 16.0 Å². The van der Waals surface area contributed by atoms with Crippen LogP contribution in [0, 0.1) is 0 Å². The Labute approximate surface area is 125 Å². The molecule has 20 heavy (non-hydrogen) atoms. The van der Waals surface area contributed by atoms with Gasteiger partial charge in [0.05, 0.1) is 5.69 Å². The summed E-state index contributed by atoms with van der Waals surface area (Å²) < 4.78 is 0. The van der Waals surface area contributed by atoms with Crippen LogP contribution in [0.25, 0.3) is 0 Å². The number of nitrogens with one attached hydrogen (secondary N) is 1. The maximum atomic E-state index is 12.0. The van der Waals surface area contributed by atoms with Crippen LogP contribution in [0.4, 0.5) is 5.69 Å². The molecule has 1 aromatic carbocycles. The highest BCUT2D eigenvalue weighted by atomic mass is 32.1. The number of para-hydroxylation sites is 1. The number of rotatable bonds is 5. The highest BCUT2D eigenvalue weighted by Gasteiger charge is 2.20. The summed E-state index contributed by atoms with van der Waals surface area (Å²) in [6.45, 7) is 4.12. The molecule has 1 aliphatic heterocycles. The van der Waals surface area contributed by atoms with Crippen molar-refractivity contribution in [2.45, 2.75) is 32.2 Å². The fourth-order valence-electron chi connectivity index (χ4n) is 2.59. The van der Waals surface area contributed by atoms with Gasteiger partial charge in [0.2, 0.25) is 5.91 Å². The van der Waals surface area contributed by atoms with Gasteiger partial charge in [0.15, 0.2) is 0 Å². The summed E-state index contributed by atoms with van der Waals surface area (Å²) >= 11 is 4.99. The van der Waals surface area contributed by atoms with E-state index in [-0.39, 0.29) is 5.91 Å². The van der Waals surface area contributed by atoms with Crippen molar-refractivity contribution in [3.05, 3.63) is 29.8 Å². The Bertz CT molecular complexity index is 504. The van der Waals surface area contributed by atoms with E-state index in [0.717, 1.165) is 13.1 Å². The molecular weight excluding hydrogens is 270 g/mol. The lowest BCUT2D eigenvalue weighted by atomic mass is 10.1. The van der Waals surface area contributed by atoms with Crippen molar-refractivity contribution < 1.29 is 4.79 Å². The van der Waals surface area contributed by atoms with E-state index in [2.05, 4.69) is 17.1 Å². The first-order chi connectivity index (χ1) is 9.58. The molecular formula is C15H21N3OS. The van der Waals surface area contributed by atoms with E-state index in [1.165, 1.54) is 12.8 Å². The number of hydrogen-bond donors (Lipinski definition) is 2. The lowest BCUT2D eigenvalue weighted by molar-refractivity contribution is -0.116. The summed E-state index contributed by atoms with van der Waals surface area (Å²) in [6, 6.07) is 7.95. The second-order valence-electron chi connectivity index (χ2n) is 5.24. The number of benzene rings is 1. The van der Waals surface area contributed by atoms with E-state index < -0.39 is 0 Å². The van der Waals surface area contributed by atoms with E-state index in [9.17, 15) is 4.79 Å². The fraction of sp³-hybridized carbons (Fsp3) is 0.467. The van der Waals surface area contributed by atoms with Crippen molar-refractivity contribution in [2.24, 2.45) is 5.73 Å². The summed E-state index contributed by atoms with van der Waals surface area (Å²) in [5.41, 5.74) is 7.06. The Balaban J connectivity index is 1.90. The lowest BCUT2D eigenvalue weighted by Crippen LogP contribution is -2.30. The van der Waals surface area contributed by atoms with Gasteiger partial charge in [-0.25, -0.2) is 0 Å². The zero-order valence-electron chi connectivity index (χ0n) is 11.8. The molecule has 2 rings (SSSR count). The Morgan fingerprint density at radius 2 is 2.25 bits per heavy atom. The second-order valence-corrected chi connectivity index (χ2v) is 5.68. The molecule has 0 aliphatic carbocycles. The van der Waals surface area contributed by atoms with Crippen LogP contribution in [-0.2, 0) is 4.79 Å². The van der Waals surface area contributed by atoms with Crippen LogP contribution < -0.4 is 11.1 Å². The number of amides is 1. The third-order valence-electron chi connectivity index (χ3n) is 3.78. The maximum absolute atomic E-state index is 12.0. The van der Waals surface area contributed by atoms with Gasteiger partial charge in [-0.1, -0.05) is 24.4 Å². The third kappa shape index (κ3) is 3.77. The number of carbonyl (C=O) groups excluding carboxylic acids is 1. The third-order valence-corrected chi connectivity index (χ3v) is 4.00. The second kappa shape index (κ2) is 6.81. The number of hydrogen-bond acceptors (Lipinski definition) is 3. The molecule has 1 aromatic rings. The molecule has 1 aliphatic rings. The van der Waals surface area contributed by atoms with E-state index >= 15 is 0 Å². The van der Waals surface area contributed by atoms with Crippen molar-refractivity contribution in [3.8, 4) is 0 Å². The minimum Gasteiger partial charge on any atom is -0.389 e. The molecule has 3 N–H and O–H groups in total. The van der Waals surface area contributed by atoms with Gasteiger partial charge in [-0.05, 0) is 38.4 Å². The Kier molecular flexibility index (Phi) is 5.09. The van der Waals surface area contributed by atoms with Gasteiger partial charge in [-0.15, -0.1) is 0 Å². The maximum Gasteiger partial charge on any atom is 0.225 e. The van der Waals surface area contributed by atoms with Crippen LogP contribution in [0.5, 0.6) is 0 Å².